The van der Waals surface area contributed by atoms with Gasteiger partial charge < -0.3 is 24.8 Å². The minimum absolute atomic E-state index is 0.181. The number of hydrogen-bond acceptors (Lipinski definition) is 8. The van der Waals surface area contributed by atoms with E-state index in [4.69, 9.17) is 10.1 Å². The highest BCUT2D eigenvalue weighted by Crippen LogP contribution is 2.32. The van der Waals surface area contributed by atoms with Crippen LogP contribution in [0.2, 0.25) is 0 Å². The quantitative estimate of drug-likeness (QED) is 0.374. The summed E-state index contributed by atoms with van der Waals surface area (Å²) in [4.78, 5) is 29.9. The van der Waals surface area contributed by atoms with Crippen molar-refractivity contribution in [3.8, 4) is 0 Å². The molecule has 0 spiro atoms. The van der Waals surface area contributed by atoms with Crippen molar-refractivity contribution < 1.29 is 4.79 Å². The van der Waals surface area contributed by atoms with E-state index in [2.05, 4.69) is 43.6 Å². The molecule has 41 heavy (non-hydrogen) atoms. The van der Waals surface area contributed by atoms with Crippen LogP contribution in [0.5, 0.6) is 0 Å². The van der Waals surface area contributed by atoms with Crippen molar-refractivity contribution in [2.24, 2.45) is 13.0 Å². The molecule has 6 heterocycles. The fourth-order valence-electron chi connectivity index (χ4n) is 6.82. The van der Waals surface area contributed by atoms with E-state index in [1.54, 1.807) is 6.20 Å². The van der Waals surface area contributed by atoms with E-state index in [1.165, 1.54) is 25.8 Å². The first-order valence-electron chi connectivity index (χ1n) is 15.0. The van der Waals surface area contributed by atoms with Gasteiger partial charge in [-0.3, -0.25) is 14.4 Å². The molecule has 216 valence electrons. The van der Waals surface area contributed by atoms with E-state index >= 15 is 0 Å². The molecule has 4 aromatic rings. The summed E-state index contributed by atoms with van der Waals surface area (Å²) in [6.45, 7) is 8.78. The van der Waals surface area contributed by atoms with Crippen LogP contribution in [0.15, 0.2) is 36.8 Å². The second-order valence-electron chi connectivity index (χ2n) is 12.0. The maximum Gasteiger partial charge on any atom is 0.256 e. The van der Waals surface area contributed by atoms with Gasteiger partial charge in [-0.25, -0.2) is 9.97 Å². The Hall–Kier alpha value is -3.54. The third kappa shape index (κ3) is 5.29. The molecule has 3 saturated heterocycles. The molecule has 0 unspecified atom stereocenters. The van der Waals surface area contributed by atoms with Gasteiger partial charge in [-0.15, -0.1) is 0 Å². The Bertz CT molecular complexity index is 1550. The van der Waals surface area contributed by atoms with Crippen molar-refractivity contribution in [2.45, 2.75) is 31.7 Å². The number of benzene rings is 1. The summed E-state index contributed by atoms with van der Waals surface area (Å²) in [6.07, 6.45) is 10.3. The second kappa shape index (κ2) is 11.0. The first-order valence-corrected chi connectivity index (χ1v) is 15.0. The fourth-order valence-corrected chi connectivity index (χ4v) is 6.82. The van der Waals surface area contributed by atoms with Crippen LogP contribution in [0.4, 0.5) is 11.6 Å². The van der Waals surface area contributed by atoms with Crippen LogP contribution in [0.3, 0.4) is 0 Å². The minimum Gasteiger partial charge on any atom is -0.355 e. The van der Waals surface area contributed by atoms with Crippen LogP contribution < -0.4 is 15.5 Å². The first-order chi connectivity index (χ1) is 20.0. The summed E-state index contributed by atoms with van der Waals surface area (Å²) in [5.41, 5.74) is 3.47. The molecule has 1 aromatic carbocycles. The monoisotopic (exact) mass is 556 g/mol. The molecule has 3 aliphatic rings. The van der Waals surface area contributed by atoms with Gasteiger partial charge >= 0.3 is 0 Å². The summed E-state index contributed by atoms with van der Waals surface area (Å²) in [5, 5.41) is 12.3. The average molecular weight is 557 g/mol. The normalized spacial score (nSPS) is 21.3. The van der Waals surface area contributed by atoms with E-state index in [9.17, 15) is 4.79 Å². The Morgan fingerprint density at radius 3 is 2.66 bits per heavy atom. The van der Waals surface area contributed by atoms with Gasteiger partial charge in [0, 0.05) is 70.0 Å². The van der Waals surface area contributed by atoms with E-state index in [1.807, 2.05) is 40.5 Å². The summed E-state index contributed by atoms with van der Waals surface area (Å²) in [7, 11) is 4.12. The van der Waals surface area contributed by atoms with E-state index < -0.39 is 0 Å². The number of nitrogens with one attached hydrogen (secondary N) is 2. The topological polar surface area (TPSA) is 98.9 Å². The van der Waals surface area contributed by atoms with Gasteiger partial charge in [-0.05, 0) is 63.4 Å². The number of anilines is 2. The zero-order chi connectivity index (χ0) is 27.9. The van der Waals surface area contributed by atoms with Gasteiger partial charge in [0.1, 0.15) is 5.82 Å². The fraction of sp³-hybridized carbons (Fsp3) is 0.533. The largest absolute Gasteiger partial charge is 0.355 e. The number of aryl methyl sites for hydroxylation is 1. The molecule has 11 heteroatoms. The Balaban J connectivity index is 1.05. The Morgan fingerprint density at radius 2 is 1.88 bits per heavy atom. The SMILES string of the molecule is CN1CCC[C@@H]1c1cn2cc(NC(=O)c3ccc4c(c3)c(N3CCC(CN5CCNCC5)CC3)nn4C)ncc2n1. The molecule has 11 nitrogen and oxygen atoms in total. The van der Waals surface area contributed by atoms with Gasteiger partial charge in [-0.2, -0.15) is 5.10 Å². The molecule has 3 aromatic heterocycles. The van der Waals surface area contributed by atoms with Crippen molar-refractivity contribution in [3.63, 3.8) is 0 Å². The number of fused-ring (bicyclic) bond motifs is 2. The maximum atomic E-state index is 13.3. The number of aromatic nitrogens is 5. The van der Waals surface area contributed by atoms with Gasteiger partial charge in [0.05, 0.1) is 29.6 Å². The predicted octanol–water partition coefficient (Wildman–Crippen LogP) is 2.76. The third-order valence-corrected chi connectivity index (χ3v) is 9.20. The number of piperazine rings is 1. The summed E-state index contributed by atoms with van der Waals surface area (Å²) < 4.78 is 3.88. The van der Waals surface area contributed by atoms with Crippen molar-refractivity contribution in [1.82, 2.24) is 39.3 Å². The van der Waals surface area contributed by atoms with Gasteiger partial charge in [0.15, 0.2) is 11.5 Å². The average Bonchev–Trinajstić information content (AvgIpc) is 3.70. The standard InChI is InChI=1S/C30H40N10O/c1-36-11-3-4-26(36)24-19-40-20-27(32-17-28(40)33-24)34-30(41)22-5-6-25-23(16-22)29(35-37(25)2)39-12-7-21(8-13-39)18-38-14-9-31-10-15-38/h5-6,16-17,19-21,26,31H,3-4,7-15,18H2,1-2H3,(H,34,41)/t26-/m1/s1. The molecule has 0 saturated carbocycles. The zero-order valence-electron chi connectivity index (χ0n) is 24.1. The number of imidazole rings is 1. The highest BCUT2D eigenvalue weighted by molar-refractivity contribution is 6.07. The molecule has 2 N–H and O–H groups in total. The predicted molar refractivity (Wildman–Crippen MR) is 161 cm³/mol. The lowest BCUT2D eigenvalue weighted by Crippen LogP contribution is -2.47. The van der Waals surface area contributed by atoms with Crippen LogP contribution >= 0.6 is 0 Å². The van der Waals surface area contributed by atoms with Gasteiger partial charge in [0.25, 0.3) is 5.91 Å². The number of likely N-dealkylation sites (tertiary alicyclic amines) is 1. The van der Waals surface area contributed by atoms with Crippen LogP contribution in [0, 0.1) is 5.92 Å². The number of piperidine rings is 1. The van der Waals surface area contributed by atoms with Crippen LogP contribution in [-0.4, -0.2) is 99.3 Å². The van der Waals surface area contributed by atoms with E-state index in [0.717, 1.165) is 86.2 Å². The number of rotatable bonds is 6. The number of hydrogen-bond donors (Lipinski definition) is 2. The molecule has 3 aliphatic heterocycles. The minimum atomic E-state index is -0.181. The maximum absolute atomic E-state index is 13.3. The van der Waals surface area contributed by atoms with Crippen molar-refractivity contribution >= 4 is 34.1 Å². The van der Waals surface area contributed by atoms with Crippen LogP contribution in [0.25, 0.3) is 16.6 Å². The highest BCUT2D eigenvalue weighted by atomic mass is 16.1. The summed E-state index contributed by atoms with van der Waals surface area (Å²) in [6, 6.07) is 6.18. The molecule has 1 atom stereocenters. The van der Waals surface area contributed by atoms with E-state index in [-0.39, 0.29) is 5.91 Å². The van der Waals surface area contributed by atoms with Gasteiger partial charge in [0.2, 0.25) is 0 Å². The molecular formula is C30H40N10O. The number of nitrogens with zero attached hydrogens (tertiary/aromatic N) is 8. The first kappa shape index (κ1) is 26.4. The number of carbonyl (C=O) groups is 1. The summed E-state index contributed by atoms with van der Waals surface area (Å²) in [5.74, 6) is 2.03. The lowest BCUT2D eigenvalue weighted by atomic mass is 9.95. The lowest BCUT2D eigenvalue weighted by molar-refractivity contribution is 0.102. The van der Waals surface area contributed by atoms with Crippen molar-refractivity contribution in [2.75, 3.05) is 69.6 Å². The molecule has 3 fully saturated rings. The molecule has 1 amide bonds. The van der Waals surface area contributed by atoms with Crippen LogP contribution in [0.1, 0.15) is 47.8 Å². The second-order valence-corrected chi connectivity index (χ2v) is 12.0. The van der Waals surface area contributed by atoms with E-state index in [0.29, 0.717) is 17.4 Å². The highest BCUT2D eigenvalue weighted by Gasteiger charge is 2.26. The Labute approximate surface area is 240 Å². The summed E-state index contributed by atoms with van der Waals surface area (Å²) >= 11 is 0. The third-order valence-electron chi connectivity index (χ3n) is 9.20. The van der Waals surface area contributed by atoms with Gasteiger partial charge in [-0.1, -0.05) is 0 Å². The van der Waals surface area contributed by atoms with Crippen LogP contribution in [-0.2, 0) is 7.05 Å². The lowest BCUT2D eigenvalue weighted by Gasteiger charge is -2.36. The molecule has 0 radical (unpaired) electrons. The number of carbonyl (C=O) groups excluding carboxylic acids is 1. The molecule has 7 rings (SSSR count). The molecule has 0 aliphatic carbocycles. The molecule has 0 bridgehead atoms. The Morgan fingerprint density at radius 1 is 1.05 bits per heavy atom. The smallest absolute Gasteiger partial charge is 0.256 e. The molecular weight excluding hydrogens is 516 g/mol. The van der Waals surface area contributed by atoms with Crippen molar-refractivity contribution in [3.05, 3.63) is 48.0 Å². The number of amides is 1. The zero-order valence-corrected chi connectivity index (χ0v) is 24.1. The van der Waals surface area contributed by atoms with Crippen molar-refractivity contribution in [1.29, 1.82) is 0 Å². The Kier molecular flexibility index (Phi) is 7.09.